The molecule has 1 unspecified atom stereocenters. The van der Waals surface area contributed by atoms with Gasteiger partial charge in [-0.3, -0.25) is 9.59 Å². The smallest absolute Gasteiger partial charge is 0.305 e. The standard InChI is InChI=1S/C13H17NO4/c15-12(6-5-11-4-2-8-18-11)14-7-1-3-10(14)9-13(16)17/h2,4,8,10H,1,3,5-7,9H2,(H,16,17). The van der Waals surface area contributed by atoms with Crippen molar-refractivity contribution in [1.82, 2.24) is 4.90 Å². The summed E-state index contributed by atoms with van der Waals surface area (Å²) in [6.07, 6.45) is 4.27. The van der Waals surface area contributed by atoms with Crippen molar-refractivity contribution in [3.63, 3.8) is 0 Å². The summed E-state index contributed by atoms with van der Waals surface area (Å²) in [7, 11) is 0. The molecule has 5 nitrogen and oxygen atoms in total. The Balaban J connectivity index is 1.85. The molecule has 1 aliphatic rings. The average Bonchev–Trinajstić information content (AvgIpc) is 2.95. The van der Waals surface area contributed by atoms with E-state index in [9.17, 15) is 9.59 Å². The number of amides is 1. The molecule has 0 saturated carbocycles. The molecule has 18 heavy (non-hydrogen) atoms. The zero-order valence-corrected chi connectivity index (χ0v) is 10.2. The Morgan fingerprint density at radius 1 is 1.50 bits per heavy atom. The molecule has 0 aliphatic carbocycles. The van der Waals surface area contributed by atoms with Crippen LogP contribution < -0.4 is 0 Å². The number of hydrogen-bond acceptors (Lipinski definition) is 3. The van der Waals surface area contributed by atoms with Gasteiger partial charge in [-0.15, -0.1) is 0 Å². The SMILES string of the molecule is O=C(O)CC1CCCN1C(=O)CCc1ccco1. The second-order valence-electron chi connectivity index (χ2n) is 4.56. The summed E-state index contributed by atoms with van der Waals surface area (Å²) < 4.78 is 5.17. The maximum absolute atomic E-state index is 12.0. The number of carbonyl (C=O) groups is 2. The van der Waals surface area contributed by atoms with E-state index in [1.807, 2.05) is 6.07 Å². The monoisotopic (exact) mass is 251 g/mol. The number of aliphatic carboxylic acids is 1. The molecule has 1 aromatic rings. The maximum atomic E-state index is 12.0. The summed E-state index contributed by atoms with van der Waals surface area (Å²) in [5.41, 5.74) is 0. The fourth-order valence-electron chi connectivity index (χ4n) is 2.41. The lowest BCUT2D eigenvalue weighted by atomic mass is 10.1. The molecule has 1 fully saturated rings. The van der Waals surface area contributed by atoms with Crippen molar-refractivity contribution in [1.29, 1.82) is 0 Å². The lowest BCUT2D eigenvalue weighted by molar-refractivity contribution is -0.139. The van der Waals surface area contributed by atoms with Crippen LogP contribution in [0, 0.1) is 0 Å². The molecule has 5 heteroatoms. The van der Waals surface area contributed by atoms with Gasteiger partial charge in [0.15, 0.2) is 0 Å². The number of likely N-dealkylation sites (tertiary alicyclic amines) is 1. The Kier molecular flexibility index (Phi) is 4.02. The minimum Gasteiger partial charge on any atom is -0.481 e. The van der Waals surface area contributed by atoms with E-state index in [1.165, 1.54) is 0 Å². The third-order valence-corrected chi connectivity index (χ3v) is 3.27. The van der Waals surface area contributed by atoms with Gasteiger partial charge in [0.1, 0.15) is 5.76 Å². The van der Waals surface area contributed by atoms with Gasteiger partial charge < -0.3 is 14.4 Å². The Morgan fingerprint density at radius 2 is 2.33 bits per heavy atom. The van der Waals surface area contributed by atoms with Gasteiger partial charge in [0, 0.05) is 25.4 Å². The van der Waals surface area contributed by atoms with Crippen molar-refractivity contribution in [2.24, 2.45) is 0 Å². The summed E-state index contributed by atoms with van der Waals surface area (Å²) in [4.78, 5) is 24.4. The van der Waals surface area contributed by atoms with E-state index < -0.39 is 5.97 Å². The Hall–Kier alpha value is -1.78. The summed E-state index contributed by atoms with van der Waals surface area (Å²) >= 11 is 0. The fraction of sp³-hybridized carbons (Fsp3) is 0.538. The summed E-state index contributed by atoms with van der Waals surface area (Å²) in [6.45, 7) is 0.676. The molecular weight excluding hydrogens is 234 g/mol. The summed E-state index contributed by atoms with van der Waals surface area (Å²) in [5.74, 6) is -0.0294. The summed E-state index contributed by atoms with van der Waals surface area (Å²) in [6, 6.07) is 3.50. The van der Waals surface area contributed by atoms with Crippen LogP contribution in [0.1, 0.15) is 31.4 Å². The van der Waals surface area contributed by atoms with E-state index in [0.29, 0.717) is 19.4 Å². The number of aryl methyl sites for hydroxylation is 1. The van der Waals surface area contributed by atoms with E-state index in [-0.39, 0.29) is 18.4 Å². The predicted molar refractivity (Wildman–Crippen MR) is 64.0 cm³/mol. The molecule has 1 aromatic heterocycles. The summed E-state index contributed by atoms with van der Waals surface area (Å²) in [5, 5.41) is 8.80. The van der Waals surface area contributed by atoms with Crippen molar-refractivity contribution in [2.75, 3.05) is 6.54 Å². The van der Waals surface area contributed by atoms with Gasteiger partial charge in [0.05, 0.1) is 12.7 Å². The van der Waals surface area contributed by atoms with Crippen molar-refractivity contribution in [2.45, 2.75) is 38.1 Å². The Labute approximate surface area is 105 Å². The van der Waals surface area contributed by atoms with Crippen LogP contribution in [0.5, 0.6) is 0 Å². The fourth-order valence-corrected chi connectivity index (χ4v) is 2.41. The zero-order chi connectivity index (χ0) is 13.0. The van der Waals surface area contributed by atoms with E-state index in [0.717, 1.165) is 18.6 Å². The number of furan rings is 1. The molecule has 1 atom stereocenters. The number of carboxylic acids is 1. The predicted octanol–water partition coefficient (Wildman–Crippen LogP) is 1.68. The lowest BCUT2D eigenvalue weighted by Crippen LogP contribution is -2.36. The quantitative estimate of drug-likeness (QED) is 0.864. The molecule has 1 amide bonds. The first-order chi connectivity index (χ1) is 8.66. The normalized spacial score (nSPS) is 19.1. The molecule has 1 saturated heterocycles. The molecule has 98 valence electrons. The van der Waals surface area contributed by atoms with Crippen molar-refractivity contribution in [3.05, 3.63) is 24.2 Å². The maximum Gasteiger partial charge on any atom is 0.305 e. The molecule has 0 aromatic carbocycles. The first-order valence-corrected chi connectivity index (χ1v) is 6.20. The van der Waals surface area contributed by atoms with E-state index in [2.05, 4.69) is 0 Å². The van der Waals surface area contributed by atoms with Crippen LogP contribution in [-0.4, -0.2) is 34.5 Å². The van der Waals surface area contributed by atoms with Crippen LogP contribution in [0.2, 0.25) is 0 Å². The number of carbonyl (C=O) groups excluding carboxylic acids is 1. The topological polar surface area (TPSA) is 70.8 Å². The van der Waals surface area contributed by atoms with Crippen LogP contribution in [0.15, 0.2) is 22.8 Å². The van der Waals surface area contributed by atoms with Gasteiger partial charge in [-0.2, -0.15) is 0 Å². The van der Waals surface area contributed by atoms with E-state index >= 15 is 0 Å². The second-order valence-corrected chi connectivity index (χ2v) is 4.56. The number of hydrogen-bond donors (Lipinski definition) is 1. The van der Waals surface area contributed by atoms with Crippen LogP contribution >= 0.6 is 0 Å². The molecular formula is C13H17NO4. The van der Waals surface area contributed by atoms with Gasteiger partial charge in [-0.1, -0.05) is 0 Å². The van der Waals surface area contributed by atoms with Crippen LogP contribution in [0.25, 0.3) is 0 Å². The third kappa shape index (κ3) is 3.12. The van der Waals surface area contributed by atoms with Gasteiger partial charge in [-0.05, 0) is 25.0 Å². The highest BCUT2D eigenvalue weighted by molar-refractivity contribution is 5.78. The minimum absolute atomic E-state index is 0.0233. The van der Waals surface area contributed by atoms with Crippen LogP contribution in [0.4, 0.5) is 0 Å². The van der Waals surface area contributed by atoms with E-state index in [1.54, 1.807) is 17.2 Å². The molecule has 1 N–H and O–H groups in total. The molecule has 0 bridgehead atoms. The van der Waals surface area contributed by atoms with Crippen molar-refractivity contribution < 1.29 is 19.1 Å². The highest BCUT2D eigenvalue weighted by atomic mass is 16.4. The van der Waals surface area contributed by atoms with Crippen LogP contribution in [0.3, 0.4) is 0 Å². The lowest BCUT2D eigenvalue weighted by Gasteiger charge is -2.23. The average molecular weight is 251 g/mol. The first-order valence-electron chi connectivity index (χ1n) is 6.20. The largest absolute Gasteiger partial charge is 0.481 e. The molecule has 2 rings (SSSR count). The highest BCUT2D eigenvalue weighted by Gasteiger charge is 2.29. The first kappa shape index (κ1) is 12.7. The molecule has 1 aliphatic heterocycles. The van der Waals surface area contributed by atoms with Gasteiger partial charge in [-0.25, -0.2) is 0 Å². The Bertz CT molecular complexity index is 413. The number of carboxylic acid groups (broad SMARTS) is 1. The minimum atomic E-state index is -0.842. The number of nitrogens with zero attached hydrogens (tertiary/aromatic N) is 1. The highest BCUT2D eigenvalue weighted by Crippen LogP contribution is 2.21. The molecule has 2 heterocycles. The molecule has 0 spiro atoms. The second kappa shape index (κ2) is 5.71. The number of rotatable bonds is 5. The Morgan fingerprint density at radius 3 is 3.00 bits per heavy atom. The zero-order valence-electron chi connectivity index (χ0n) is 10.2. The van der Waals surface area contributed by atoms with Crippen molar-refractivity contribution >= 4 is 11.9 Å². The van der Waals surface area contributed by atoms with E-state index in [4.69, 9.17) is 9.52 Å². The van der Waals surface area contributed by atoms with Gasteiger partial charge in [0.25, 0.3) is 0 Å². The van der Waals surface area contributed by atoms with Gasteiger partial charge >= 0.3 is 5.97 Å². The van der Waals surface area contributed by atoms with Crippen molar-refractivity contribution in [3.8, 4) is 0 Å². The van der Waals surface area contributed by atoms with Gasteiger partial charge in [0.2, 0.25) is 5.91 Å². The molecule has 0 radical (unpaired) electrons. The third-order valence-electron chi connectivity index (χ3n) is 3.27. The van der Waals surface area contributed by atoms with Crippen LogP contribution in [-0.2, 0) is 16.0 Å².